The predicted octanol–water partition coefficient (Wildman–Crippen LogP) is 4.53. The highest BCUT2D eigenvalue weighted by Crippen LogP contribution is 2.40. The molecule has 0 spiro atoms. The second-order valence-electron chi connectivity index (χ2n) is 5.33. The number of rotatable bonds is 4. The molecule has 2 heterocycles. The lowest BCUT2D eigenvalue weighted by molar-refractivity contribution is 0.102. The summed E-state index contributed by atoms with van der Waals surface area (Å²) < 4.78 is 6.27. The van der Waals surface area contributed by atoms with Crippen LogP contribution in [0.4, 0.5) is 5.69 Å². The molecule has 7 heteroatoms. The lowest BCUT2D eigenvalue weighted by atomic mass is 10.2. The van der Waals surface area contributed by atoms with Crippen LogP contribution in [0.1, 0.15) is 34.9 Å². The molecule has 5 nitrogen and oxygen atoms in total. The number of thiophene rings is 1. The van der Waals surface area contributed by atoms with Crippen molar-refractivity contribution in [2.75, 3.05) is 5.32 Å². The summed E-state index contributed by atoms with van der Waals surface area (Å²) in [5, 5.41) is 8.88. The lowest BCUT2D eigenvalue weighted by Crippen LogP contribution is -2.13. The van der Waals surface area contributed by atoms with Gasteiger partial charge in [-0.3, -0.25) is 4.79 Å². The van der Waals surface area contributed by atoms with Gasteiger partial charge in [-0.25, -0.2) is 0 Å². The van der Waals surface area contributed by atoms with Crippen molar-refractivity contribution in [2.24, 2.45) is 0 Å². The zero-order valence-electron chi connectivity index (χ0n) is 12.0. The fraction of sp³-hybridized carbons (Fsp3) is 0.188. The first-order valence-electron chi connectivity index (χ1n) is 7.19. The number of nitrogens with zero attached hydrogens (tertiary/aromatic N) is 2. The molecule has 0 saturated heterocycles. The standard InChI is InChI=1S/C16H12IN3O2S/c17-11-4-2-1-3-10(11)15(21)18-12-7-8-23-13(12)16-19-14(20-22-16)9-5-6-9/h1-4,7-9H,5-6H2,(H,18,21). The first-order chi connectivity index (χ1) is 11.2. The normalized spacial score (nSPS) is 14.0. The highest BCUT2D eigenvalue weighted by molar-refractivity contribution is 14.1. The molecule has 0 unspecified atom stereocenters. The highest BCUT2D eigenvalue weighted by atomic mass is 127. The van der Waals surface area contributed by atoms with Crippen LogP contribution in [0.25, 0.3) is 10.8 Å². The average Bonchev–Trinajstić information content (AvgIpc) is 3.10. The first kappa shape index (κ1) is 14.8. The van der Waals surface area contributed by atoms with Gasteiger partial charge in [-0.15, -0.1) is 11.3 Å². The molecule has 1 N–H and O–H groups in total. The van der Waals surface area contributed by atoms with Gasteiger partial charge in [0.1, 0.15) is 4.88 Å². The van der Waals surface area contributed by atoms with Crippen molar-refractivity contribution in [3.8, 4) is 10.8 Å². The van der Waals surface area contributed by atoms with Crippen molar-refractivity contribution in [1.29, 1.82) is 0 Å². The molecule has 0 atom stereocenters. The van der Waals surface area contributed by atoms with Gasteiger partial charge in [0.15, 0.2) is 5.82 Å². The smallest absolute Gasteiger partial charge is 0.270 e. The molecule has 1 amide bonds. The monoisotopic (exact) mass is 437 g/mol. The Bertz CT molecular complexity index is 870. The molecule has 4 rings (SSSR count). The van der Waals surface area contributed by atoms with Crippen molar-refractivity contribution in [2.45, 2.75) is 18.8 Å². The molecule has 0 bridgehead atoms. The topological polar surface area (TPSA) is 68.0 Å². The summed E-state index contributed by atoms with van der Waals surface area (Å²) in [6.07, 6.45) is 2.25. The van der Waals surface area contributed by atoms with Crippen molar-refractivity contribution in [1.82, 2.24) is 10.1 Å². The summed E-state index contributed by atoms with van der Waals surface area (Å²) in [5.41, 5.74) is 1.35. The molecule has 116 valence electrons. The molecule has 3 aromatic rings. The van der Waals surface area contributed by atoms with Gasteiger partial charge in [-0.1, -0.05) is 17.3 Å². The third-order valence-corrected chi connectivity index (χ3v) is 5.45. The van der Waals surface area contributed by atoms with E-state index in [1.807, 2.05) is 29.6 Å². The van der Waals surface area contributed by atoms with Gasteiger partial charge in [0.05, 0.1) is 11.3 Å². The van der Waals surface area contributed by atoms with Gasteiger partial charge in [0.25, 0.3) is 11.8 Å². The minimum Gasteiger partial charge on any atom is -0.333 e. The van der Waals surface area contributed by atoms with Gasteiger partial charge in [-0.2, -0.15) is 4.98 Å². The second kappa shape index (κ2) is 6.04. The van der Waals surface area contributed by atoms with Gasteiger partial charge in [0.2, 0.25) is 0 Å². The van der Waals surface area contributed by atoms with Crippen LogP contribution in [0.5, 0.6) is 0 Å². The Morgan fingerprint density at radius 1 is 1.30 bits per heavy atom. The van der Waals surface area contributed by atoms with Crippen molar-refractivity contribution in [3.63, 3.8) is 0 Å². The Kier molecular flexibility index (Phi) is 3.90. The van der Waals surface area contributed by atoms with E-state index < -0.39 is 0 Å². The van der Waals surface area contributed by atoms with Crippen molar-refractivity contribution >= 4 is 45.5 Å². The number of carbonyl (C=O) groups excluding carboxylic acids is 1. The Labute approximate surface area is 150 Å². The predicted molar refractivity (Wildman–Crippen MR) is 96.7 cm³/mol. The maximum absolute atomic E-state index is 12.5. The number of anilines is 1. The molecule has 23 heavy (non-hydrogen) atoms. The van der Waals surface area contributed by atoms with E-state index in [4.69, 9.17) is 4.52 Å². The molecule has 1 aliphatic carbocycles. The lowest BCUT2D eigenvalue weighted by Gasteiger charge is -2.06. The van der Waals surface area contributed by atoms with Crippen LogP contribution in [0.2, 0.25) is 0 Å². The van der Waals surface area contributed by atoms with Crippen LogP contribution in [-0.2, 0) is 0 Å². The van der Waals surface area contributed by atoms with Gasteiger partial charge in [-0.05, 0) is 59.0 Å². The quantitative estimate of drug-likeness (QED) is 0.609. The van der Waals surface area contributed by atoms with E-state index in [-0.39, 0.29) is 5.91 Å². The summed E-state index contributed by atoms with van der Waals surface area (Å²) in [5.74, 6) is 1.54. The van der Waals surface area contributed by atoms with Crippen molar-refractivity contribution < 1.29 is 9.32 Å². The summed E-state index contributed by atoms with van der Waals surface area (Å²) in [7, 11) is 0. The number of nitrogens with one attached hydrogen (secondary N) is 1. The number of carbonyl (C=O) groups is 1. The Hall–Kier alpha value is -1.74. The number of hydrogen-bond donors (Lipinski definition) is 1. The van der Waals surface area contributed by atoms with E-state index in [1.54, 1.807) is 6.07 Å². The summed E-state index contributed by atoms with van der Waals surface area (Å²) >= 11 is 3.63. The third-order valence-electron chi connectivity index (χ3n) is 3.61. The zero-order chi connectivity index (χ0) is 15.8. The maximum atomic E-state index is 12.5. The molecular weight excluding hydrogens is 425 g/mol. The highest BCUT2D eigenvalue weighted by Gasteiger charge is 2.29. The first-order valence-corrected chi connectivity index (χ1v) is 9.15. The molecule has 0 radical (unpaired) electrons. The molecule has 1 fully saturated rings. The summed E-state index contributed by atoms with van der Waals surface area (Å²) in [6, 6.07) is 9.33. The number of halogens is 1. The van der Waals surface area contributed by atoms with Gasteiger partial charge in [0, 0.05) is 9.49 Å². The Morgan fingerprint density at radius 3 is 2.91 bits per heavy atom. The molecule has 1 saturated carbocycles. The van der Waals surface area contributed by atoms with Crippen LogP contribution in [-0.4, -0.2) is 16.0 Å². The zero-order valence-corrected chi connectivity index (χ0v) is 14.9. The van der Waals surface area contributed by atoms with Crippen LogP contribution < -0.4 is 5.32 Å². The number of aromatic nitrogens is 2. The fourth-order valence-electron chi connectivity index (χ4n) is 2.24. The average molecular weight is 437 g/mol. The van der Waals surface area contributed by atoms with Crippen LogP contribution in [0, 0.1) is 3.57 Å². The molecule has 1 aromatic carbocycles. The van der Waals surface area contributed by atoms with Gasteiger partial charge < -0.3 is 9.84 Å². The van der Waals surface area contributed by atoms with Crippen LogP contribution >= 0.6 is 33.9 Å². The van der Waals surface area contributed by atoms with Gasteiger partial charge >= 0.3 is 0 Å². The van der Waals surface area contributed by atoms with E-state index in [2.05, 4.69) is 38.0 Å². The van der Waals surface area contributed by atoms with E-state index in [0.29, 0.717) is 23.1 Å². The minimum atomic E-state index is -0.142. The van der Waals surface area contributed by atoms with E-state index >= 15 is 0 Å². The number of hydrogen-bond acceptors (Lipinski definition) is 5. The third kappa shape index (κ3) is 3.02. The fourth-order valence-corrected chi connectivity index (χ4v) is 3.65. The Balaban J connectivity index is 1.59. The Morgan fingerprint density at radius 2 is 2.13 bits per heavy atom. The summed E-state index contributed by atoms with van der Waals surface area (Å²) in [4.78, 5) is 17.7. The molecule has 1 aliphatic rings. The molecule has 2 aromatic heterocycles. The molecule has 0 aliphatic heterocycles. The van der Waals surface area contributed by atoms with Crippen molar-refractivity contribution in [3.05, 3.63) is 50.7 Å². The van der Waals surface area contributed by atoms with E-state index in [9.17, 15) is 4.79 Å². The number of amides is 1. The second-order valence-corrected chi connectivity index (χ2v) is 7.41. The number of benzene rings is 1. The van der Waals surface area contributed by atoms with Crippen LogP contribution in [0.15, 0.2) is 40.2 Å². The SMILES string of the molecule is O=C(Nc1ccsc1-c1nc(C2CC2)no1)c1ccccc1I. The summed E-state index contributed by atoms with van der Waals surface area (Å²) in [6.45, 7) is 0. The minimum absolute atomic E-state index is 0.142. The van der Waals surface area contributed by atoms with Crippen LogP contribution in [0.3, 0.4) is 0 Å². The van der Waals surface area contributed by atoms with E-state index in [1.165, 1.54) is 11.3 Å². The van der Waals surface area contributed by atoms with E-state index in [0.717, 1.165) is 27.1 Å². The largest absolute Gasteiger partial charge is 0.333 e. The maximum Gasteiger partial charge on any atom is 0.270 e. The molecular formula is C16H12IN3O2S.